The molecule has 0 aromatic heterocycles. The highest BCUT2D eigenvalue weighted by molar-refractivity contribution is 5.37. The highest BCUT2D eigenvalue weighted by Gasteiger charge is 2.22. The molecule has 1 aliphatic heterocycles. The molecule has 17 heavy (non-hydrogen) atoms. The molecule has 2 aromatic carbocycles. The summed E-state index contributed by atoms with van der Waals surface area (Å²) in [6, 6.07) is 14.9. The zero-order valence-electron chi connectivity index (χ0n) is 9.40. The molecule has 1 heterocycles. The van der Waals surface area contributed by atoms with Crippen LogP contribution >= 0.6 is 0 Å². The summed E-state index contributed by atoms with van der Waals surface area (Å²) in [4.78, 5) is 0. The average molecular weight is 228 g/mol. The van der Waals surface area contributed by atoms with E-state index in [4.69, 9.17) is 4.74 Å². The van der Waals surface area contributed by atoms with Gasteiger partial charge in [-0.25, -0.2) is 4.39 Å². The Morgan fingerprint density at radius 2 is 1.94 bits per heavy atom. The van der Waals surface area contributed by atoms with Gasteiger partial charge >= 0.3 is 0 Å². The summed E-state index contributed by atoms with van der Waals surface area (Å²) >= 11 is 0. The lowest BCUT2D eigenvalue weighted by molar-refractivity contribution is 0.0696. The lowest BCUT2D eigenvalue weighted by Gasteiger charge is -2.26. The van der Waals surface area contributed by atoms with Gasteiger partial charge in [-0.2, -0.15) is 0 Å². The Morgan fingerprint density at radius 3 is 2.82 bits per heavy atom. The molecule has 0 spiro atoms. The van der Waals surface area contributed by atoms with Gasteiger partial charge in [-0.05, 0) is 35.2 Å². The third kappa shape index (κ3) is 1.96. The van der Waals surface area contributed by atoms with Crippen molar-refractivity contribution in [1.29, 1.82) is 0 Å². The normalized spacial score (nSPS) is 18.8. The van der Waals surface area contributed by atoms with Crippen molar-refractivity contribution in [2.45, 2.75) is 12.5 Å². The third-order valence-corrected chi connectivity index (χ3v) is 3.14. The molecule has 1 atom stereocenters. The van der Waals surface area contributed by atoms with Gasteiger partial charge in [0.15, 0.2) is 0 Å². The van der Waals surface area contributed by atoms with Crippen LogP contribution in [0.15, 0.2) is 48.5 Å². The summed E-state index contributed by atoms with van der Waals surface area (Å²) in [5.41, 5.74) is 3.34. The first kappa shape index (κ1) is 10.5. The maximum Gasteiger partial charge on any atom is 0.123 e. The van der Waals surface area contributed by atoms with Crippen LogP contribution in [0.3, 0.4) is 0 Å². The molecule has 3 rings (SSSR count). The average Bonchev–Trinajstić information content (AvgIpc) is 2.38. The third-order valence-electron chi connectivity index (χ3n) is 3.14. The van der Waals surface area contributed by atoms with E-state index in [2.05, 4.69) is 12.1 Å². The monoisotopic (exact) mass is 228 g/mol. The van der Waals surface area contributed by atoms with Crippen molar-refractivity contribution in [2.75, 3.05) is 6.61 Å². The van der Waals surface area contributed by atoms with Gasteiger partial charge in [-0.15, -0.1) is 0 Å². The van der Waals surface area contributed by atoms with Crippen LogP contribution in [-0.4, -0.2) is 6.61 Å². The van der Waals surface area contributed by atoms with Gasteiger partial charge in [-0.1, -0.05) is 36.4 Å². The lowest BCUT2D eigenvalue weighted by atomic mass is 9.93. The standard InChI is InChI=1S/C15H13FO/c16-13-6-3-5-12(10-13)15-14-7-2-1-4-11(14)8-9-17-15/h1-7,10,15H,8-9H2. The van der Waals surface area contributed by atoms with E-state index in [1.807, 2.05) is 18.2 Å². The fourth-order valence-corrected chi connectivity index (χ4v) is 2.34. The van der Waals surface area contributed by atoms with Crippen LogP contribution in [0, 0.1) is 5.82 Å². The van der Waals surface area contributed by atoms with E-state index in [1.165, 1.54) is 11.6 Å². The van der Waals surface area contributed by atoms with Gasteiger partial charge < -0.3 is 4.74 Å². The quantitative estimate of drug-likeness (QED) is 0.726. The van der Waals surface area contributed by atoms with Crippen molar-refractivity contribution in [3.63, 3.8) is 0 Å². The van der Waals surface area contributed by atoms with Crippen LogP contribution in [-0.2, 0) is 11.2 Å². The van der Waals surface area contributed by atoms with Crippen molar-refractivity contribution in [3.8, 4) is 0 Å². The Hall–Kier alpha value is -1.67. The van der Waals surface area contributed by atoms with E-state index in [0.717, 1.165) is 17.5 Å². The van der Waals surface area contributed by atoms with Crippen LogP contribution in [0.1, 0.15) is 22.8 Å². The first-order valence-corrected chi connectivity index (χ1v) is 5.79. The van der Waals surface area contributed by atoms with Gasteiger partial charge in [0.05, 0.1) is 6.61 Å². The molecule has 1 unspecified atom stereocenters. The number of ether oxygens (including phenoxy) is 1. The predicted octanol–water partition coefficient (Wildman–Crippen LogP) is 3.49. The van der Waals surface area contributed by atoms with Crippen LogP contribution in [0.4, 0.5) is 4.39 Å². The Bertz CT molecular complexity index is 536. The molecule has 0 N–H and O–H groups in total. The highest BCUT2D eigenvalue weighted by atomic mass is 19.1. The predicted molar refractivity (Wildman–Crippen MR) is 64.3 cm³/mol. The topological polar surface area (TPSA) is 9.23 Å². The summed E-state index contributed by atoms with van der Waals surface area (Å²) in [6.45, 7) is 0.693. The number of fused-ring (bicyclic) bond motifs is 1. The number of benzene rings is 2. The Kier molecular flexibility index (Phi) is 2.65. The number of hydrogen-bond acceptors (Lipinski definition) is 1. The first-order valence-electron chi connectivity index (χ1n) is 5.79. The highest BCUT2D eigenvalue weighted by Crippen LogP contribution is 2.32. The Balaban J connectivity index is 2.06. The summed E-state index contributed by atoms with van der Waals surface area (Å²) in [7, 11) is 0. The molecule has 2 heteroatoms. The van der Waals surface area contributed by atoms with Crippen molar-refractivity contribution in [2.24, 2.45) is 0 Å². The van der Waals surface area contributed by atoms with Gasteiger partial charge in [-0.3, -0.25) is 0 Å². The second kappa shape index (κ2) is 4.30. The van der Waals surface area contributed by atoms with E-state index in [-0.39, 0.29) is 11.9 Å². The van der Waals surface area contributed by atoms with Gasteiger partial charge in [0.2, 0.25) is 0 Å². The van der Waals surface area contributed by atoms with E-state index >= 15 is 0 Å². The second-order valence-corrected chi connectivity index (χ2v) is 4.25. The largest absolute Gasteiger partial charge is 0.368 e. The zero-order valence-corrected chi connectivity index (χ0v) is 9.40. The van der Waals surface area contributed by atoms with Crippen LogP contribution < -0.4 is 0 Å². The molecule has 86 valence electrons. The SMILES string of the molecule is Fc1cccc(C2OCCc3ccccc32)c1. The molecular weight excluding hydrogens is 215 g/mol. The van der Waals surface area contributed by atoms with Crippen LogP contribution in [0.25, 0.3) is 0 Å². The van der Waals surface area contributed by atoms with E-state index in [1.54, 1.807) is 12.1 Å². The molecule has 1 nitrogen and oxygen atoms in total. The molecule has 0 saturated heterocycles. The van der Waals surface area contributed by atoms with Crippen LogP contribution in [0.5, 0.6) is 0 Å². The number of rotatable bonds is 1. The molecule has 0 bridgehead atoms. The lowest BCUT2D eigenvalue weighted by Crippen LogP contribution is -2.17. The Labute approximate surface area is 99.9 Å². The van der Waals surface area contributed by atoms with E-state index < -0.39 is 0 Å². The smallest absolute Gasteiger partial charge is 0.123 e. The van der Waals surface area contributed by atoms with Gasteiger partial charge in [0.1, 0.15) is 11.9 Å². The van der Waals surface area contributed by atoms with Crippen molar-refractivity contribution in [3.05, 3.63) is 71.0 Å². The van der Waals surface area contributed by atoms with Gasteiger partial charge in [0, 0.05) is 0 Å². The van der Waals surface area contributed by atoms with Crippen LogP contribution in [0.2, 0.25) is 0 Å². The molecule has 1 aliphatic rings. The van der Waals surface area contributed by atoms with Crippen molar-refractivity contribution >= 4 is 0 Å². The summed E-state index contributed by atoms with van der Waals surface area (Å²) in [5, 5.41) is 0. The fourth-order valence-electron chi connectivity index (χ4n) is 2.34. The molecule has 2 aromatic rings. The number of halogens is 1. The zero-order chi connectivity index (χ0) is 11.7. The maximum absolute atomic E-state index is 13.2. The minimum atomic E-state index is -0.214. The fraction of sp³-hybridized carbons (Fsp3) is 0.200. The summed E-state index contributed by atoms with van der Waals surface area (Å²) in [5.74, 6) is -0.214. The molecule has 0 amide bonds. The molecular formula is C15H13FO. The molecule has 0 fully saturated rings. The minimum Gasteiger partial charge on any atom is -0.368 e. The Morgan fingerprint density at radius 1 is 1.06 bits per heavy atom. The number of hydrogen-bond donors (Lipinski definition) is 0. The van der Waals surface area contributed by atoms with Crippen molar-refractivity contribution in [1.82, 2.24) is 0 Å². The summed E-state index contributed by atoms with van der Waals surface area (Å²) < 4.78 is 19.0. The summed E-state index contributed by atoms with van der Waals surface area (Å²) in [6.07, 6.45) is 0.804. The second-order valence-electron chi connectivity index (χ2n) is 4.25. The molecule has 0 radical (unpaired) electrons. The van der Waals surface area contributed by atoms with E-state index in [9.17, 15) is 4.39 Å². The minimum absolute atomic E-state index is 0.129. The van der Waals surface area contributed by atoms with E-state index in [0.29, 0.717) is 6.61 Å². The molecule has 0 saturated carbocycles. The van der Waals surface area contributed by atoms with Gasteiger partial charge in [0.25, 0.3) is 0 Å². The van der Waals surface area contributed by atoms with Crippen molar-refractivity contribution < 1.29 is 9.13 Å². The first-order chi connectivity index (χ1) is 8.34. The molecule has 0 aliphatic carbocycles. The maximum atomic E-state index is 13.2.